The number of rotatable bonds is 16. The molecule has 1 aromatic carbocycles. The molecule has 0 spiro atoms. The van der Waals surface area contributed by atoms with Crippen LogP contribution in [0.5, 0.6) is 0 Å². The summed E-state index contributed by atoms with van der Waals surface area (Å²) in [6, 6.07) is 8.32. The Balaban J connectivity index is 1.87. The standard InChI is InChI=1S/C20H30O6/c1-2-3-4-8-11-23-12-13-24-14-15-25-16-17-26-20(22)19(21)18-9-6-5-7-10-18/h5-7,9-10H,2-4,8,11-17H2,1H3. The number of hydrogen-bond donors (Lipinski definition) is 0. The highest BCUT2D eigenvalue weighted by Crippen LogP contribution is 2.01. The number of esters is 1. The Morgan fingerprint density at radius 2 is 1.31 bits per heavy atom. The van der Waals surface area contributed by atoms with Crippen LogP contribution in [-0.2, 0) is 23.7 Å². The van der Waals surface area contributed by atoms with Gasteiger partial charge in [0.25, 0.3) is 5.78 Å². The van der Waals surface area contributed by atoms with Crippen molar-refractivity contribution < 1.29 is 28.5 Å². The molecule has 0 aliphatic carbocycles. The van der Waals surface area contributed by atoms with Crippen molar-refractivity contribution in [3.63, 3.8) is 0 Å². The first kappa shape index (κ1) is 22.3. The van der Waals surface area contributed by atoms with Crippen molar-refractivity contribution in [3.8, 4) is 0 Å². The molecule has 0 atom stereocenters. The van der Waals surface area contributed by atoms with E-state index in [4.69, 9.17) is 18.9 Å². The van der Waals surface area contributed by atoms with E-state index >= 15 is 0 Å². The number of carbonyl (C=O) groups excluding carboxylic acids is 2. The van der Waals surface area contributed by atoms with E-state index in [1.165, 1.54) is 19.3 Å². The summed E-state index contributed by atoms with van der Waals surface area (Å²) in [6.07, 6.45) is 4.80. The Bertz CT molecular complexity index is 488. The fraction of sp³-hybridized carbons (Fsp3) is 0.600. The molecule has 6 nitrogen and oxygen atoms in total. The van der Waals surface area contributed by atoms with Crippen LogP contribution in [-0.4, -0.2) is 58.0 Å². The molecular weight excluding hydrogens is 336 g/mol. The van der Waals surface area contributed by atoms with Crippen LogP contribution in [0.2, 0.25) is 0 Å². The van der Waals surface area contributed by atoms with Crippen LogP contribution in [0.1, 0.15) is 43.0 Å². The molecule has 1 rings (SSSR count). The number of unbranched alkanes of at least 4 members (excludes halogenated alkanes) is 3. The van der Waals surface area contributed by atoms with E-state index in [1.54, 1.807) is 30.3 Å². The highest BCUT2D eigenvalue weighted by molar-refractivity contribution is 6.40. The maximum Gasteiger partial charge on any atom is 0.379 e. The van der Waals surface area contributed by atoms with E-state index in [0.717, 1.165) is 13.0 Å². The average Bonchev–Trinajstić information content (AvgIpc) is 2.68. The topological polar surface area (TPSA) is 71.1 Å². The number of hydrogen-bond acceptors (Lipinski definition) is 6. The molecule has 6 heteroatoms. The number of carbonyl (C=O) groups is 2. The van der Waals surface area contributed by atoms with Crippen LogP contribution in [0.25, 0.3) is 0 Å². The predicted octanol–water partition coefficient (Wildman–Crippen LogP) is 3.04. The molecule has 1 aromatic rings. The Hall–Kier alpha value is -1.76. The van der Waals surface area contributed by atoms with E-state index in [2.05, 4.69) is 6.92 Å². The van der Waals surface area contributed by atoms with Gasteiger partial charge in [0.05, 0.1) is 33.0 Å². The van der Waals surface area contributed by atoms with Gasteiger partial charge in [-0.25, -0.2) is 4.79 Å². The van der Waals surface area contributed by atoms with E-state index in [1.807, 2.05) is 0 Å². The van der Waals surface area contributed by atoms with Crippen LogP contribution in [0, 0.1) is 0 Å². The Kier molecular flexibility index (Phi) is 13.3. The van der Waals surface area contributed by atoms with Crippen LogP contribution in [0.4, 0.5) is 0 Å². The summed E-state index contributed by atoms with van der Waals surface area (Å²) in [6.45, 7) is 5.22. The molecule has 146 valence electrons. The normalized spacial score (nSPS) is 10.7. The molecule has 26 heavy (non-hydrogen) atoms. The summed E-state index contributed by atoms with van der Waals surface area (Å²) in [5, 5.41) is 0. The van der Waals surface area contributed by atoms with Crippen molar-refractivity contribution in [2.75, 3.05) is 46.2 Å². The van der Waals surface area contributed by atoms with Crippen molar-refractivity contribution in [2.45, 2.75) is 32.6 Å². The highest BCUT2D eigenvalue weighted by atomic mass is 16.6. The average molecular weight is 366 g/mol. The maximum atomic E-state index is 11.8. The summed E-state index contributed by atoms with van der Waals surface area (Å²) < 4.78 is 21.0. The molecule has 0 aliphatic rings. The van der Waals surface area contributed by atoms with Gasteiger partial charge < -0.3 is 18.9 Å². The van der Waals surface area contributed by atoms with Crippen LogP contribution in [0.15, 0.2) is 30.3 Å². The summed E-state index contributed by atoms with van der Waals surface area (Å²) in [5.74, 6) is -1.52. The first-order valence-electron chi connectivity index (χ1n) is 9.25. The Morgan fingerprint density at radius 3 is 1.92 bits per heavy atom. The minimum absolute atomic E-state index is 0.0400. The van der Waals surface area contributed by atoms with Crippen molar-refractivity contribution >= 4 is 11.8 Å². The number of Topliss-reactive ketones (excluding diaryl/α,β-unsaturated/α-hetero) is 1. The lowest BCUT2D eigenvalue weighted by atomic mass is 10.1. The zero-order valence-corrected chi connectivity index (χ0v) is 15.6. The van der Waals surface area contributed by atoms with Crippen molar-refractivity contribution in [2.24, 2.45) is 0 Å². The fourth-order valence-corrected chi connectivity index (χ4v) is 2.14. The molecule has 0 heterocycles. The van der Waals surface area contributed by atoms with Crippen molar-refractivity contribution in [1.82, 2.24) is 0 Å². The van der Waals surface area contributed by atoms with E-state index < -0.39 is 11.8 Å². The predicted molar refractivity (Wildman–Crippen MR) is 98.3 cm³/mol. The molecule has 0 amide bonds. The minimum atomic E-state index is -0.868. The summed E-state index contributed by atoms with van der Waals surface area (Å²) >= 11 is 0. The lowest BCUT2D eigenvalue weighted by Crippen LogP contribution is -2.20. The maximum absolute atomic E-state index is 11.8. The van der Waals surface area contributed by atoms with Crippen molar-refractivity contribution in [1.29, 1.82) is 0 Å². The van der Waals surface area contributed by atoms with Crippen LogP contribution >= 0.6 is 0 Å². The highest BCUT2D eigenvalue weighted by Gasteiger charge is 2.16. The second-order valence-corrected chi connectivity index (χ2v) is 5.73. The second-order valence-electron chi connectivity index (χ2n) is 5.73. The van der Waals surface area contributed by atoms with Gasteiger partial charge in [0.15, 0.2) is 0 Å². The third kappa shape index (κ3) is 11.0. The molecule has 0 aromatic heterocycles. The van der Waals surface area contributed by atoms with E-state index in [9.17, 15) is 9.59 Å². The SMILES string of the molecule is CCCCCCOCCOCCOCCOC(=O)C(=O)c1ccccc1. The van der Waals surface area contributed by atoms with E-state index in [0.29, 0.717) is 32.0 Å². The van der Waals surface area contributed by atoms with Gasteiger partial charge in [-0.1, -0.05) is 56.5 Å². The Morgan fingerprint density at radius 1 is 0.731 bits per heavy atom. The molecule has 0 bridgehead atoms. The van der Waals surface area contributed by atoms with Crippen molar-refractivity contribution in [3.05, 3.63) is 35.9 Å². The molecule has 0 radical (unpaired) electrons. The zero-order chi connectivity index (χ0) is 18.9. The van der Waals surface area contributed by atoms with Gasteiger partial charge in [-0.3, -0.25) is 4.79 Å². The molecule has 0 aliphatic heterocycles. The second kappa shape index (κ2) is 15.5. The molecule has 0 N–H and O–H groups in total. The zero-order valence-electron chi connectivity index (χ0n) is 15.6. The third-order valence-electron chi connectivity index (χ3n) is 3.57. The first-order chi connectivity index (χ1) is 12.8. The van der Waals surface area contributed by atoms with Gasteiger partial charge in [0, 0.05) is 12.2 Å². The molecule has 0 saturated heterocycles. The molecule has 0 saturated carbocycles. The van der Waals surface area contributed by atoms with Gasteiger partial charge >= 0.3 is 5.97 Å². The van der Waals surface area contributed by atoms with Gasteiger partial charge in [-0.05, 0) is 6.42 Å². The third-order valence-corrected chi connectivity index (χ3v) is 3.57. The quantitative estimate of drug-likeness (QED) is 0.194. The van der Waals surface area contributed by atoms with Gasteiger partial charge in [-0.2, -0.15) is 0 Å². The van der Waals surface area contributed by atoms with Gasteiger partial charge in [-0.15, -0.1) is 0 Å². The minimum Gasteiger partial charge on any atom is -0.457 e. The van der Waals surface area contributed by atoms with Crippen LogP contribution < -0.4 is 0 Å². The Labute approximate surface area is 155 Å². The van der Waals surface area contributed by atoms with Gasteiger partial charge in [0.2, 0.25) is 0 Å². The molecule has 0 fully saturated rings. The van der Waals surface area contributed by atoms with Gasteiger partial charge in [0.1, 0.15) is 6.61 Å². The number of ether oxygens (including phenoxy) is 4. The first-order valence-corrected chi connectivity index (χ1v) is 9.25. The molecular formula is C20H30O6. The fourth-order valence-electron chi connectivity index (χ4n) is 2.14. The monoisotopic (exact) mass is 366 g/mol. The number of ketones is 1. The lowest BCUT2D eigenvalue weighted by molar-refractivity contribution is -0.139. The summed E-state index contributed by atoms with van der Waals surface area (Å²) in [5.41, 5.74) is 0.319. The summed E-state index contributed by atoms with van der Waals surface area (Å²) in [7, 11) is 0. The van der Waals surface area contributed by atoms with Crippen LogP contribution in [0.3, 0.4) is 0 Å². The number of benzene rings is 1. The summed E-state index contributed by atoms with van der Waals surface area (Å²) in [4.78, 5) is 23.4. The largest absolute Gasteiger partial charge is 0.457 e. The lowest BCUT2D eigenvalue weighted by Gasteiger charge is -2.07. The van der Waals surface area contributed by atoms with E-state index in [-0.39, 0.29) is 13.2 Å². The molecule has 0 unspecified atom stereocenters. The smallest absolute Gasteiger partial charge is 0.379 e.